The minimum atomic E-state index is -0.458. The number of aromatic nitrogens is 1. The molecule has 1 heterocycles. The van der Waals surface area contributed by atoms with E-state index in [9.17, 15) is 4.79 Å². The second-order valence-electron chi connectivity index (χ2n) is 4.34. The van der Waals surface area contributed by atoms with Gasteiger partial charge in [0.1, 0.15) is 0 Å². The largest absolute Gasteiger partial charge is 0.478 e. The van der Waals surface area contributed by atoms with Crippen molar-refractivity contribution < 1.29 is 14.3 Å². The lowest BCUT2D eigenvalue weighted by Crippen LogP contribution is -2.16. The first-order valence-electron chi connectivity index (χ1n) is 6.24. The molecule has 0 unspecified atom stereocenters. The Hall–Kier alpha value is -1.82. The number of pyridine rings is 1. The molecule has 0 radical (unpaired) electrons. The topological polar surface area (TPSA) is 77.7 Å². The average Bonchev–Trinajstić information content (AvgIpc) is 2.36. The number of nitrogens with two attached hydrogens (primary N) is 1. The number of nitrogen functional groups attached to an aromatic ring is 1. The first kappa shape index (κ1) is 15.2. The van der Waals surface area contributed by atoms with Gasteiger partial charge in [-0.3, -0.25) is 0 Å². The molecule has 0 amide bonds. The quantitative estimate of drug-likeness (QED) is 0.590. The van der Waals surface area contributed by atoms with Crippen molar-refractivity contribution in [2.24, 2.45) is 0 Å². The summed E-state index contributed by atoms with van der Waals surface area (Å²) >= 11 is 0. The Morgan fingerprint density at radius 3 is 2.84 bits per heavy atom. The number of nitrogens with zero attached hydrogens (tertiary/aromatic N) is 2. The van der Waals surface area contributed by atoms with Crippen LogP contribution in [0.2, 0.25) is 0 Å². The minimum Gasteiger partial charge on any atom is -0.478 e. The highest BCUT2D eigenvalue weighted by molar-refractivity contribution is 5.95. The third-order valence-electron chi connectivity index (χ3n) is 2.40. The van der Waals surface area contributed by atoms with Gasteiger partial charge < -0.3 is 20.1 Å². The van der Waals surface area contributed by atoms with E-state index in [2.05, 4.69) is 9.88 Å². The summed E-state index contributed by atoms with van der Waals surface area (Å²) in [7, 11) is 4.00. The lowest BCUT2D eigenvalue weighted by atomic mass is 10.2. The normalized spacial score (nSPS) is 10.5. The van der Waals surface area contributed by atoms with Gasteiger partial charge in [-0.2, -0.15) is 0 Å². The number of carbonyl (C=O) groups excluding carboxylic acids is 1. The molecule has 1 aromatic rings. The SMILES string of the molecule is CCOC(=O)c1cc(OCCCN(C)C)ncc1N. The van der Waals surface area contributed by atoms with Gasteiger partial charge in [-0.25, -0.2) is 9.78 Å². The number of rotatable bonds is 7. The molecule has 0 spiro atoms. The second kappa shape index (κ2) is 7.58. The van der Waals surface area contributed by atoms with Gasteiger partial charge in [0.2, 0.25) is 5.88 Å². The fraction of sp³-hybridized carbons (Fsp3) is 0.538. The molecule has 0 atom stereocenters. The van der Waals surface area contributed by atoms with Crippen molar-refractivity contribution in [1.29, 1.82) is 0 Å². The summed E-state index contributed by atoms with van der Waals surface area (Å²) in [5.41, 5.74) is 6.27. The molecule has 6 heteroatoms. The molecule has 0 aromatic carbocycles. The van der Waals surface area contributed by atoms with E-state index in [1.807, 2.05) is 14.1 Å². The Morgan fingerprint density at radius 1 is 1.47 bits per heavy atom. The van der Waals surface area contributed by atoms with Crippen LogP contribution in [0.1, 0.15) is 23.7 Å². The molecule has 19 heavy (non-hydrogen) atoms. The summed E-state index contributed by atoms with van der Waals surface area (Å²) in [4.78, 5) is 17.7. The molecule has 0 aliphatic rings. The van der Waals surface area contributed by atoms with E-state index in [1.165, 1.54) is 12.3 Å². The van der Waals surface area contributed by atoms with E-state index in [4.69, 9.17) is 15.2 Å². The minimum absolute atomic E-state index is 0.291. The van der Waals surface area contributed by atoms with E-state index in [0.29, 0.717) is 30.3 Å². The van der Waals surface area contributed by atoms with Crippen LogP contribution in [0.5, 0.6) is 5.88 Å². The molecule has 0 saturated heterocycles. The zero-order chi connectivity index (χ0) is 14.3. The number of anilines is 1. The Morgan fingerprint density at radius 2 is 2.21 bits per heavy atom. The Balaban J connectivity index is 2.60. The first-order valence-corrected chi connectivity index (χ1v) is 6.24. The predicted molar refractivity (Wildman–Crippen MR) is 73.3 cm³/mol. The van der Waals surface area contributed by atoms with Crippen molar-refractivity contribution in [3.05, 3.63) is 17.8 Å². The van der Waals surface area contributed by atoms with Crippen molar-refractivity contribution in [3.63, 3.8) is 0 Å². The van der Waals surface area contributed by atoms with Crippen LogP contribution >= 0.6 is 0 Å². The second-order valence-corrected chi connectivity index (χ2v) is 4.34. The summed E-state index contributed by atoms with van der Waals surface area (Å²) in [5, 5.41) is 0. The van der Waals surface area contributed by atoms with E-state index in [-0.39, 0.29) is 0 Å². The van der Waals surface area contributed by atoms with Crippen LogP contribution < -0.4 is 10.5 Å². The van der Waals surface area contributed by atoms with Crippen molar-refractivity contribution in [2.75, 3.05) is 39.6 Å². The highest BCUT2D eigenvalue weighted by Crippen LogP contribution is 2.17. The Bertz CT molecular complexity index is 422. The lowest BCUT2D eigenvalue weighted by molar-refractivity contribution is 0.0527. The van der Waals surface area contributed by atoms with E-state index >= 15 is 0 Å². The van der Waals surface area contributed by atoms with Gasteiger partial charge in [0.25, 0.3) is 0 Å². The van der Waals surface area contributed by atoms with E-state index < -0.39 is 5.97 Å². The van der Waals surface area contributed by atoms with E-state index in [0.717, 1.165) is 13.0 Å². The van der Waals surface area contributed by atoms with Crippen LogP contribution in [-0.4, -0.2) is 49.7 Å². The molecule has 0 aliphatic carbocycles. The van der Waals surface area contributed by atoms with Gasteiger partial charge in [-0.1, -0.05) is 0 Å². The molecule has 0 saturated carbocycles. The molecule has 1 aromatic heterocycles. The maximum absolute atomic E-state index is 11.6. The molecule has 0 fully saturated rings. The number of ether oxygens (including phenoxy) is 2. The molecule has 6 nitrogen and oxygen atoms in total. The highest BCUT2D eigenvalue weighted by atomic mass is 16.5. The molecule has 0 aliphatic heterocycles. The molecule has 2 N–H and O–H groups in total. The summed E-state index contributed by atoms with van der Waals surface area (Å²) in [6.07, 6.45) is 2.29. The zero-order valence-electron chi connectivity index (χ0n) is 11.7. The number of hydrogen-bond acceptors (Lipinski definition) is 6. The van der Waals surface area contributed by atoms with Gasteiger partial charge in [0.15, 0.2) is 0 Å². The Labute approximate surface area is 113 Å². The number of esters is 1. The summed E-state index contributed by atoms with van der Waals surface area (Å²) < 4.78 is 10.4. The Kier molecular flexibility index (Phi) is 6.08. The number of carbonyl (C=O) groups is 1. The van der Waals surface area contributed by atoms with Crippen LogP contribution in [-0.2, 0) is 4.74 Å². The maximum Gasteiger partial charge on any atom is 0.340 e. The molecule has 1 rings (SSSR count). The average molecular weight is 267 g/mol. The third-order valence-corrected chi connectivity index (χ3v) is 2.40. The van der Waals surface area contributed by atoms with Crippen LogP contribution in [0.15, 0.2) is 12.3 Å². The van der Waals surface area contributed by atoms with E-state index in [1.54, 1.807) is 6.92 Å². The monoisotopic (exact) mass is 267 g/mol. The summed E-state index contributed by atoms with van der Waals surface area (Å²) in [6, 6.07) is 1.52. The van der Waals surface area contributed by atoms with Crippen LogP contribution in [0, 0.1) is 0 Å². The molecular formula is C13H21N3O3. The summed E-state index contributed by atoms with van der Waals surface area (Å²) in [5.74, 6) is -0.0726. The maximum atomic E-state index is 11.6. The first-order chi connectivity index (χ1) is 9.04. The number of hydrogen-bond donors (Lipinski definition) is 1. The molecule has 0 bridgehead atoms. The third kappa shape index (κ3) is 5.13. The highest BCUT2D eigenvalue weighted by Gasteiger charge is 2.12. The van der Waals surface area contributed by atoms with Crippen LogP contribution in [0.3, 0.4) is 0 Å². The van der Waals surface area contributed by atoms with Gasteiger partial charge in [0.05, 0.1) is 30.7 Å². The van der Waals surface area contributed by atoms with Crippen molar-refractivity contribution in [1.82, 2.24) is 9.88 Å². The standard InChI is InChI=1S/C13H21N3O3/c1-4-18-13(17)10-8-12(15-9-11(10)14)19-7-5-6-16(2)3/h8-9H,4-7,14H2,1-3H3. The zero-order valence-corrected chi connectivity index (χ0v) is 11.7. The van der Waals surface area contributed by atoms with Gasteiger partial charge >= 0.3 is 5.97 Å². The van der Waals surface area contributed by atoms with Gasteiger partial charge in [-0.15, -0.1) is 0 Å². The van der Waals surface area contributed by atoms with Gasteiger partial charge in [0, 0.05) is 12.6 Å². The van der Waals surface area contributed by atoms with Crippen molar-refractivity contribution >= 4 is 11.7 Å². The fourth-order valence-corrected chi connectivity index (χ4v) is 1.47. The predicted octanol–water partition coefficient (Wildman–Crippen LogP) is 1.17. The van der Waals surface area contributed by atoms with Crippen LogP contribution in [0.25, 0.3) is 0 Å². The smallest absolute Gasteiger partial charge is 0.340 e. The van der Waals surface area contributed by atoms with Crippen molar-refractivity contribution in [3.8, 4) is 5.88 Å². The molecular weight excluding hydrogens is 246 g/mol. The van der Waals surface area contributed by atoms with Gasteiger partial charge in [-0.05, 0) is 27.4 Å². The van der Waals surface area contributed by atoms with Crippen LogP contribution in [0.4, 0.5) is 5.69 Å². The molecule has 106 valence electrons. The lowest BCUT2D eigenvalue weighted by Gasteiger charge is -2.11. The summed E-state index contributed by atoms with van der Waals surface area (Å²) in [6.45, 7) is 3.52. The van der Waals surface area contributed by atoms with Crippen molar-refractivity contribution in [2.45, 2.75) is 13.3 Å². The fourth-order valence-electron chi connectivity index (χ4n) is 1.47.